The van der Waals surface area contributed by atoms with E-state index in [2.05, 4.69) is 31.7 Å². The lowest BCUT2D eigenvalue weighted by Gasteiger charge is -2.24. The highest BCUT2D eigenvalue weighted by Gasteiger charge is 2.19. The monoisotopic (exact) mass is 240 g/mol. The van der Waals surface area contributed by atoms with Crippen molar-refractivity contribution in [2.24, 2.45) is 0 Å². The molecule has 1 unspecified atom stereocenters. The molecular formula is C9H13ClN6. The second-order valence-corrected chi connectivity index (χ2v) is 4.16. The van der Waals surface area contributed by atoms with E-state index in [1.165, 1.54) is 6.33 Å². The van der Waals surface area contributed by atoms with Crippen LogP contribution in [0, 0.1) is 11.3 Å². The topological polar surface area (TPSA) is 86.5 Å². The van der Waals surface area contributed by atoms with Gasteiger partial charge in [0, 0.05) is 0 Å². The number of nitriles is 1. The molecule has 0 saturated carbocycles. The molecule has 0 aliphatic carbocycles. The predicted molar refractivity (Wildman–Crippen MR) is 60.7 cm³/mol. The van der Waals surface area contributed by atoms with E-state index in [1.807, 2.05) is 6.92 Å². The third-order valence-corrected chi connectivity index (χ3v) is 1.93. The lowest BCUT2D eigenvalue weighted by Crippen LogP contribution is -2.47. The first kappa shape index (κ1) is 12.6. The Morgan fingerprint density at radius 3 is 2.75 bits per heavy atom. The Morgan fingerprint density at radius 1 is 1.50 bits per heavy atom. The lowest BCUT2D eigenvalue weighted by molar-refractivity contribution is 0.442. The van der Waals surface area contributed by atoms with Gasteiger partial charge in [-0.2, -0.15) is 10.2 Å². The average Bonchev–Trinajstić information content (AvgIpc) is 2.16. The van der Waals surface area contributed by atoms with Crippen LogP contribution in [0.2, 0.25) is 5.28 Å². The van der Waals surface area contributed by atoms with Crippen molar-refractivity contribution in [1.82, 2.24) is 20.3 Å². The molecule has 6 nitrogen and oxygen atoms in total. The molecule has 1 heterocycles. The molecule has 86 valence electrons. The zero-order chi connectivity index (χ0) is 12.2. The first-order valence-electron chi connectivity index (χ1n) is 4.73. The van der Waals surface area contributed by atoms with Crippen LogP contribution in [-0.2, 0) is 0 Å². The second-order valence-electron chi connectivity index (χ2n) is 3.83. The van der Waals surface area contributed by atoms with E-state index in [0.717, 1.165) is 0 Å². The van der Waals surface area contributed by atoms with Crippen LogP contribution >= 0.6 is 11.6 Å². The van der Waals surface area contributed by atoms with E-state index < -0.39 is 5.54 Å². The number of hydrogen-bond donors (Lipinski definition) is 2. The number of aromatic nitrogens is 3. The molecule has 0 aliphatic rings. The molecule has 0 saturated heterocycles. The molecule has 1 aromatic rings. The molecule has 1 atom stereocenters. The largest absolute Gasteiger partial charge is 0.339 e. The molecule has 2 N–H and O–H groups in total. The molecule has 0 aromatic carbocycles. The minimum atomic E-state index is -0.622. The smallest absolute Gasteiger partial charge is 0.228 e. The summed E-state index contributed by atoms with van der Waals surface area (Å²) in [5, 5.41) is 15.0. The van der Waals surface area contributed by atoms with E-state index in [9.17, 15) is 0 Å². The Hall–Kier alpha value is -1.45. The predicted octanol–water partition coefficient (Wildman–Crippen LogP) is 1.17. The van der Waals surface area contributed by atoms with Crippen molar-refractivity contribution in [2.45, 2.75) is 32.5 Å². The zero-order valence-corrected chi connectivity index (χ0v) is 10.1. The van der Waals surface area contributed by atoms with E-state index in [4.69, 9.17) is 16.9 Å². The van der Waals surface area contributed by atoms with Crippen LogP contribution in [0.3, 0.4) is 0 Å². The van der Waals surface area contributed by atoms with Crippen LogP contribution in [-0.4, -0.2) is 26.7 Å². The molecule has 0 amide bonds. The fourth-order valence-corrected chi connectivity index (χ4v) is 1.27. The highest BCUT2D eigenvalue weighted by Crippen LogP contribution is 2.05. The molecule has 0 radical (unpaired) electrons. The van der Waals surface area contributed by atoms with Gasteiger partial charge in [0.25, 0.3) is 0 Å². The maximum absolute atomic E-state index is 8.85. The summed E-state index contributed by atoms with van der Waals surface area (Å²) in [6.07, 6.45) is 1.16. The average molecular weight is 241 g/mol. The standard InChI is InChI=1S/C9H13ClN6/c1-6(16-9(2,3)4-11)14-8-13-5-12-7(10)15-8/h5-6,16H,1-3H3,(H,12,13,14,15). The fourth-order valence-electron chi connectivity index (χ4n) is 1.15. The SMILES string of the molecule is CC(Nc1ncnc(Cl)n1)NC(C)(C)C#N. The van der Waals surface area contributed by atoms with Gasteiger partial charge in [0.1, 0.15) is 11.9 Å². The van der Waals surface area contributed by atoms with Crippen molar-refractivity contribution in [3.8, 4) is 6.07 Å². The molecular weight excluding hydrogens is 228 g/mol. The number of rotatable bonds is 4. The van der Waals surface area contributed by atoms with Crippen LogP contribution in [0.4, 0.5) is 5.95 Å². The van der Waals surface area contributed by atoms with E-state index >= 15 is 0 Å². The summed E-state index contributed by atoms with van der Waals surface area (Å²) in [5.74, 6) is 0.369. The van der Waals surface area contributed by atoms with Crippen LogP contribution in [0.15, 0.2) is 6.33 Å². The summed E-state index contributed by atoms with van der Waals surface area (Å²) in [4.78, 5) is 11.4. The van der Waals surface area contributed by atoms with Crippen LogP contribution in [0.5, 0.6) is 0 Å². The van der Waals surface area contributed by atoms with Gasteiger partial charge in [-0.15, -0.1) is 0 Å². The van der Waals surface area contributed by atoms with E-state index in [0.29, 0.717) is 5.95 Å². The Labute approximate surface area is 99.1 Å². The summed E-state index contributed by atoms with van der Waals surface area (Å²) in [6.45, 7) is 5.42. The summed E-state index contributed by atoms with van der Waals surface area (Å²) in [6, 6.07) is 2.14. The van der Waals surface area contributed by atoms with Crippen molar-refractivity contribution in [3.63, 3.8) is 0 Å². The van der Waals surface area contributed by atoms with Gasteiger partial charge in [0.05, 0.1) is 12.2 Å². The molecule has 1 aromatic heterocycles. The first-order valence-corrected chi connectivity index (χ1v) is 5.11. The van der Waals surface area contributed by atoms with Crippen molar-refractivity contribution in [2.75, 3.05) is 5.32 Å². The lowest BCUT2D eigenvalue weighted by atomic mass is 10.1. The molecule has 0 fully saturated rings. The number of nitrogens with one attached hydrogen (secondary N) is 2. The minimum absolute atomic E-state index is 0.129. The maximum Gasteiger partial charge on any atom is 0.228 e. The highest BCUT2D eigenvalue weighted by atomic mass is 35.5. The Balaban J connectivity index is 2.59. The van der Waals surface area contributed by atoms with Gasteiger partial charge < -0.3 is 5.32 Å². The maximum atomic E-state index is 8.85. The summed E-state index contributed by atoms with van der Waals surface area (Å²) >= 11 is 5.61. The number of hydrogen-bond acceptors (Lipinski definition) is 6. The van der Waals surface area contributed by atoms with Crippen molar-refractivity contribution >= 4 is 17.5 Å². The zero-order valence-electron chi connectivity index (χ0n) is 9.32. The molecule has 0 spiro atoms. The quantitative estimate of drug-likeness (QED) is 0.769. The van der Waals surface area contributed by atoms with Crippen LogP contribution in [0.1, 0.15) is 20.8 Å². The third-order valence-electron chi connectivity index (χ3n) is 1.74. The van der Waals surface area contributed by atoms with Crippen molar-refractivity contribution in [1.29, 1.82) is 5.26 Å². The van der Waals surface area contributed by atoms with Gasteiger partial charge in [-0.05, 0) is 32.4 Å². The highest BCUT2D eigenvalue weighted by molar-refractivity contribution is 6.28. The fraction of sp³-hybridized carbons (Fsp3) is 0.556. The summed E-state index contributed by atoms with van der Waals surface area (Å²) in [7, 11) is 0. The Bertz CT molecular complexity index is 399. The summed E-state index contributed by atoms with van der Waals surface area (Å²) in [5.41, 5.74) is -0.622. The number of halogens is 1. The Morgan fingerprint density at radius 2 is 2.19 bits per heavy atom. The van der Waals surface area contributed by atoms with Crippen molar-refractivity contribution < 1.29 is 0 Å². The second kappa shape index (κ2) is 5.05. The Kier molecular flexibility index (Phi) is 3.99. The van der Waals surface area contributed by atoms with Gasteiger partial charge in [-0.3, -0.25) is 5.32 Å². The molecule has 7 heteroatoms. The van der Waals surface area contributed by atoms with Crippen molar-refractivity contribution in [3.05, 3.63) is 11.6 Å². The number of nitrogens with zero attached hydrogens (tertiary/aromatic N) is 4. The van der Waals surface area contributed by atoms with Gasteiger partial charge in [0.2, 0.25) is 11.2 Å². The van der Waals surface area contributed by atoms with Gasteiger partial charge in [-0.25, -0.2) is 9.97 Å². The van der Waals surface area contributed by atoms with Crippen LogP contribution < -0.4 is 10.6 Å². The van der Waals surface area contributed by atoms with Crippen LogP contribution in [0.25, 0.3) is 0 Å². The third kappa shape index (κ3) is 3.96. The van der Waals surface area contributed by atoms with Gasteiger partial charge in [0.15, 0.2) is 0 Å². The normalized spacial score (nSPS) is 12.9. The molecule has 0 bridgehead atoms. The first-order chi connectivity index (χ1) is 7.43. The number of anilines is 1. The minimum Gasteiger partial charge on any atom is -0.339 e. The molecule has 16 heavy (non-hydrogen) atoms. The van der Waals surface area contributed by atoms with E-state index in [1.54, 1.807) is 13.8 Å². The summed E-state index contributed by atoms with van der Waals surface area (Å²) < 4.78 is 0. The van der Waals surface area contributed by atoms with Gasteiger partial charge in [-0.1, -0.05) is 0 Å². The molecule has 0 aliphatic heterocycles. The van der Waals surface area contributed by atoms with E-state index in [-0.39, 0.29) is 11.4 Å². The van der Waals surface area contributed by atoms with Gasteiger partial charge >= 0.3 is 0 Å². The molecule has 1 rings (SSSR count).